The Kier molecular flexibility index (Phi) is 5.63. The molecule has 7 nitrogen and oxygen atoms in total. The summed E-state index contributed by atoms with van der Waals surface area (Å²) in [6.07, 6.45) is 4.71. The van der Waals surface area contributed by atoms with Crippen LogP contribution in [-0.4, -0.2) is 37.4 Å². The van der Waals surface area contributed by atoms with Crippen LogP contribution in [0.5, 0.6) is 11.5 Å². The van der Waals surface area contributed by atoms with Gasteiger partial charge in [0.05, 0.1) is 6.04 Å². The molecule has 1 aromatic carbocycles. The number of ether oxygens (including phenoxy) is 2. The third-order valence-electron chi connectivity index (χ3n) is 4.57. The van der Waals surface area contributed by atoms with E-state index in [1.807, 2.05) is 6.92 Å². The van der Waals surface area contributed by atoms with Crippen LogP contribution in [0.15, 0.2) is 18.2 Å². The Hall–Kier alpha value is -2.44. The maximum atomic E-state index is 12.6. The molecule has 25 heavy (non-hydrogen) atoms. The van der Waals surface area contributed by atoms with Gasteiger partial charge < -0.3 is 25.4 Å². The molecular weight excluding hydrogens is 322 g/mol. The molecule has 1 aromatic rings. The van der Waals surface area contributed by atoms with Gasteiger partial charge in [-0.25, -0.2) is 4.79 Å². The fourth-order valence-electron chi connectivity index (χ4n) is 3.22. The van der Waals surface area contributed by atoms with Crippen LogP contribution in [-0.2, 0) is 0 Å². The first-order valence-electron chi connectivity index (χ1n) is 8.92. The van der Waals surface area contributed by atoms with Crippen molar-refractivity contribution < 1.29 is 19.1 Å². The van der Waals surface area contributed by atoms with Crippen LogP contribution in [0.25, 0.3) is 0 Å². The Morgan fingerprint density at radius 1 is 1.08 bits per heavy atom. The molecule has 3 amide bonds. The molecule has 2 aliphatic rings. The lowest BCUT2D eigenvalue weighted by atomic mass is 9.90. The van der Waals surface area contributed by atoms with E-state index in [2.05, 4.69) is 16.0 Å². The van der Waals surface area contributed by atoms with E-state index in [9.17, 15) is 9.59 Å². The summed E-state index contributed by atoms with van der Waals surface area (Å²) in [5.74, 6) is 1.08. The highest BCUT2D eigenvalue weighted by Crippen LogP contribution is 2.32. The molecule has 1 heterocycles. The summed E-state index contributed by atoms with van der Waals surface area (Å²) in [7, 11) is 0. The molecule has 0 radical (unpaired) electrons. The van der Waals surface area contributed by atoms with Gasteiger partial charge in [-0.15, -0.1) is 0 Å². The molecule has 2 atom stereocenters. The van der Waals surface area contributed by atoms with Crippen LogP contribution >= 0.6 is 0 Å². The zero-order chi connectivity index (χ0) is 17.6. The SMILES string of the molecule is CCCNC(=O)NC1CCCCC1NC(=O)c1ccc2c(c1)OCO2. The number of carbonyl (C=O) groups excluding carboxylic acids is 2. The van der Waals surface area contributed by atoms with Crippen LogP contribution in [0.4, 0.5) is 4.79 Å². The molecule has 0 bridgehead atoms. The fraction of sp³-hybridized carbons (Fsp3) is 0.556. The normalized spacial score (nSPS) is 21.5. The van der Waals surface area contributed by atoms with E-state index in [4.69, 9.17) is 9.47 Å². The average molecular weight is 347 g/mol. The molecule has 0 aromatic heterocycles. The van der Waals surface area contributed by atoms with Crippen LogP contribution in [0.2, 0.25) is 0 Å². The third-order valence-corrected chi connectivity index (χ3v) is 4.57. The lowest BCUT2D eigenvalue weighted by molar-refractivity contribution is 0.0915. The minimum Gasteiger partial charge on any atom is -0.454 e. The number of hydrogen-bond donors (Lipinski definition) is 3. The van der Waals surface area contributed by atoms with E-state index in [0.29, 0.717) is 23.6 Å². The van der Waals surface area contributed by atoms with Gasteiger partial charge in [-0.3, -0.25) is 4.79 Å². The molecule has 3 rings (SSSR count). The van der Waals surface area contributed by atoms with E-state index >= 15 is 0 Å². The van der Waals surface area contributed by atoms with E-state index in [1.54, 1.807) is 18.2 Å². The predicted octanol–water partition coefficient (Wildman–Crippen LogP) is 2.17. The third kappa shape index (κ3) is 4.35. The van der Waals surface area contributed by atoms with Gasteiger partial charge in [-0.1, -0.05) is 19.8 Å². The first-order valence-corrected chi connectivity index (χ1v) is 8.92. The highest BCUT2D eigenvalue weighted by molar-refractivity contribution is 5.95. The molecule has 1 fully saturated rings. The number of hydrogen-bond acceptors (Lipinski definition) is 4. The van der Waals surface area contributed by atoms with Crippen molar-refractivity contribution in [2.75, 3.05) is 13.3 Å². The maximum Gasteiger partial charge on any atom is 0.315 e. The summed E-state index contributed by atoms with van der Waals surface area (Å²) in [6.45, 7) is 2.84. The van der Waals surface area contributed by atoms with Crippen LogP contribution in [0.3, 0.4) is 0 Å². The standard InChI is InChI=1S/C18H25N3O4/c1-2-9-19-18(23)21-14-6-4-3-5-13(14)20-17(22)12-7-8-15-16(10-12)25-11-24-15/h7-8,10,13-14H,2-6,9,11H2,1H3,(H,20,22)(H2,19,21,23). The van der Waals surface area contributed by atoms with Gasteiger partial charge in [0.2, 0.25) is 6.79 Å². The van der Waals surface area contributed by atoms with Crippen molar-refractivity contribution in [1.29, 1.82) is 0 Å². The molecule has 0 saturated heterocycles. The van der Waals surface area contributed by atoms with Gasteiger partial charge in [-0.05, 0) is 37.5 Å². The van der Waals surface area contributed by atoms with E-state index in [1.165, 1.54) is 0 Å². The van der Waals surface area contributed by atoms with Gasteiger partial charge in [0.25, 0.3) is 5.91 Å². The highest BCUT2D eigenvalue weighted by Gasteiger charge is 2.28. The zero-order valence-corrected chi connectivity index (χ0v) is 14.5. The van der Waals surface area contributed by atoms with E-state index < -0.39 is 0 Å². The Labute approximate surface area is 147 Å². The monoisotopic (exact) mass is 347 g/mol. The second kappa shape index (κ2) is 8.09. The Morgan fingerprint density at radius 2 is 1.80 bits per heavy atom. The summed E-state index contributed by atoms with van der Waals surface area (Å²) in [5, 5.41) is 8.87. The molecule has 1 aliphatic carbocycles. The number of rotatable bonds is 5. The van der Waals surface area contributed by atoms with Gasteiger partial charge >= 0.3 is 6.03 Å². The van der Waals surface area contributed by atoms with Crippen LogP contribution < -0.4 is 25.4 Å². The lowest BCUT2D eigenvalue weighted by Crippen LogP contribution is -2.55. The van der Waals surface area contributed by atoms with Crippen molar-refractivity contribution in [2.45, 2.75) is 51.1 Å². The topological polar surface area (TPSA) is 88.7 Å². The lowest BCUT2D eigenvalue weighted by Gasteiger charge is -2.32. The van der Waals surface area contributed by atoms with Crippen molar-refractivity contribution in [3.63, 3.8) is 0 Å². The summed E-state index contributed by atoms with van der Waals surface area (Å²) in [4.78, 5) is 24.5. The molecular formula is C18H25N3O4. The minimum absolute atomic E-state index is 0.0523. The Morgan fingerprint density at radius 3 is 2.56 bits per heavy atom. The van der Waals surface area contributed by atoms with Gasteiger partial charge in [0, 0.05) is 18.2 Å². The first-order chi connectivity index (χ1) is 12.2. The molecule has 7 heteroatoms. The van der Waals surface area contributed by atoms with Gasteiger partial charge in [0.15, 0.2) is 11.5 Å². The van der Waals surface area contributed by atoms with Gasteiger partial charge in [0.1, 0.15) is 0 Å². The number of benzene rings is 1. The average Bonchev–Trinajstić information content (AvgIpc) is 3.09. The number of carbonyl (C=O) groups is 2. The smallest absolute Gasteiger partial charge is 0.315 e. The summed E-state index contributed by atoms with van der Waals surface area (Å²) in [6, 6.07) is 4.86. The Balaban J connectivity index is 1.60. The summed E-state index contributed by atoms with van der Waals surface area (Å²) >= 11 is 0. The number of nitrogens with one attached hydrogen (secondary N) is 3. The molecule has 136 valence electrons. The van der Waals surface area contributed by atoms with Crippen LogP contribution in [0, 0.1) is 0 Å². The number of amides is 3. The van der Waals surface area contributed by atoms with E-state index in [0.717, 1.165) is 32.1 Å². The van der Waals surface area contributed by atoms with Gasteiger partial charge in [-0.2, -0.15) is 0 Å². The zero-order valence-electron chi connectivity index (χ0n) is 14.5. The van der Waals surface area contributed by atoms with Crippen molar-refractivity contribution in [3.8, 4) is 11.5 Å². The maximum absolute atomic E-state index is 12.6. The quantitative estimate of drug-likeness (QED) is 0.762. The second-order valence-electron chi connectivity index (χ2n) is 6.44. The second-order valence-corrected chi connectivity index (χ2v) is 6.44. The van der Waals surface area contributed by atoms with Crippen molar-refractivity contribution in [2.24, 2.45) is 0 Å². The van der Waals surface area contributed by atoms with Crippen molar-refractivity contribution in [3.05, 3.63) is 23.8 Å². The first kappa shape index (κ1) is 17.4. The molecule has 3 N–H and O–H groups in total. The van der Waals surface area contributed by atoms with E-state index in [-0.39, 0.29) is 30.8 Å². The molecule has 1 saturated carbocycles. The highest BCUT2D eigenvalue weighted by atomic mass is 16.7. The Bertz CT molecular complexity index is 635. The van der Waals surface area contributed by atoms with Crippen LogP contribution in [0.1, 0.15) is 49.4 Å². The predicted molar refractivity (Wildman–Crippen MR) is 92.9 cm³/mol. The molecule has 0 spiro atoms. The van der Waals surface area contributed by atoms with Crippen molar-refractivity contribution in [1.82, 2.24) is 16.0 Å². The number of urea groups is 1. The largest absolute Gasteiger partial charge is 0.454 e. The fourth-order valence-corrected chi connectivity index (χ4v) is 3.22. The molecule has 2 unspecified atom stereocenters. The summed E-state index contributed by atoms with van der Waals surface area (Å²) < 4.78 is 10.6. The summed E-state index contributed by atoms with van der Waals surface area (Å²) in [5.41, 5.74) is 0.531. The van der Waals surface area contributed by atoms with Crippen molar-refractivity contribution >= 4 is 11.9 Å². The molecule has 1 aliphatic heterocycles. The minimum atomic E-state index is -0.170. The number of fused-ring (bicyclic) bond motifs is 1.